The van der Waals surface area contributed by atoms with Crippen molar-refractivity contribution < 1.29 is 28.6 Å². The molecule has 0 saturated heterocycles. The first-order chi connectivity index (χ1) is 15.2. The molecule has 2 rings (SSSR count). The molecule has 0 spiro atoms. The molecule has 32 heavy (non-hydrogen) atoms. The van der Waals surface area contributed by atoms with E-state index in [2.05, 4.69) is 10.6 Å². The highest BCUT2D eigenvalue weighted by atomic mass is 32.1. The number of rotatable bonds is 10. The van der Waals surface area contributed by atoms with Crippen molar-refractivity contribution in [2.24, 2.45) is 0 Å². The number of hydrogen-bond acceptors (Lipinski definition) is 8. The van der Waals surface area contributed by atoms with Crippen LogP contribution in [0.25, 0.3) is 0 Å². The summed E-state index contributed by atoms with van der Waals surface area (Å²) >= 11 is 1.05. The summed E-state index contributed by atoms with van der Waals surface area (Å²) in [6.45, 7) is 4.10. The Balaban J connectivity index is 2.14. The first-order valence-electron chi connectivity index (χ1n) is 9.97. The standard InChI is InChI=1S/C22H29N3O6S/c1-7-31-22(28)18-13(2)19(20(27)23-3)32-21(18)24-17(26)12-25(4)11-14-8-9-15(29-5)16(10-14)30-6/h8-10H,7,11-12H2,1-6H3,(H,23,27)(H,24,26). The molecule has 1 heterocycles. The monoisotopic (exact) mass is 463 g/mol. The zero-order chi connectivity index (χ0) is 23.8. The summed E-state index contributed by atoms with van der Waals surface area (Å²) in [6, 6.07) is 5.56. The second kappa shape index (κ2) is 11.5. The van der Waals surface area contributed by atoms with Gasteiger partial charge < -0.3 is 24.8 Å². The van der Waals surface area contributed by atoms with Crippen molar-refractivity contribution in [3.8, 4) is 11.5 Å². The summed E-state index contributed by atoms with van der Waals surface area (Å²) in [7, 11) is 6.45. The highest BCUT2D eigenvalue weighted by Gasteiger charge is 2.26. The maximum Gasteiger partial charge on any atom is 0.341 e. The minimum Gasteiger partial charge on any atom is -0.493 e. The van der Waals surface area contributed by atoms with Gasteiger partial charge in [-0.15, -0.1) is 11.3 Å². The van der Waals surface area contributed by atoms with Gasteiger partial charge in [-0.25, -0.2) is 4.79 Å². The molecule has 1 aromatic carbocycles. The van der Waals surface area contributed by atoms with Gasteiger partial charge in [-0.3, -0.25) is 14.5 Å². The van der Waals surface area contributed by atoms with E-state index in [-0.39, 0.29) is 30.5 Å². The Kier molecular flexibility index (Phi) is 9.03. The quantitative estimate of drug-likeness (QED) is 0.522. The van der Waals surface area contributed by atoms with E-state index in [4.69, 9.17) is 14.2 Å². The van der Waals surface area contributed by atoms with Crippen molar-refractivity contribution in [3.05, 3.63) is 39.8 Å². The highest BCUT2D eigenvalue weighted by molar-refractivity contribution is 7.18. The molecule has 0 aliphatic rings. The number of benzene rings is 1. The van der Waals surface area contributed by atoms with Gasteiger partial charge in [0.05, 0.1) is 37.8 Å². The van der Waals surface area contributed by atoms with Crippen LogP contribution in [0.2, 0.25) is 0 Å². The first kappa shape index (κ1) is 25.2. The molecule has 9 nitrogen and oxygen atoms in total. The van der Waals surface area contributed by atoms with Crippen molar-refractivity contribution in [2.45, 2.75) is 20.4 Å². The van der Waals surface area contributed by atoms with Crippen LogP contribution in [0.4, 0.5) is 5.00 Å². The lowest BCUT2D eigenvalue weighted by Crippen LogP contribution is -2.30. The number of nitrogens with zero attached hydrogens (tertiary/aromatic N) is 1. The van der Waals surface area contributed by atoms with Gasteiger partial charge in [0, 0.05) is 13.6 Å². The second-order valence-corrected chi connectivity index (χ2v) is 7.99. The van der Waals surface area contributed by atoms with E-state index in [1.165, 1.54) is 7.05 Å². The fourth-order valence-corrected chi connectivity index (χ4v) is 4.30. The van der Waals surface area contributed by atoms with E-state index in [9.17, 15) is 14.4 Å². The lowest BCUT2D eigenvalue weighted by Gasteiger charge is -2.17. The van der Waals surface area contributed by atoms with E-state index in [1.54, 1.807) is 35.1 Å². The molecule has 1 aromatic heterocycles. The highest BCUT2D eigenvalue weighted by Crippen LogP contribution is 2.34. The topological polar surface area (TPSA) is 106 Å². The van der Waals surface area contributed by atoms with Crippen molar-refractivity contribution >= 4 is 34.1 Å². The Hall–Kier alpha value is -3.11. The van der Waals surface area contributed by atoms with Gasteiger partial charge in [0.1, 0.15) is 5.00 Å². The predicted octanol–water partition coefficient (Wildman–Crippen LogP) is 2.68. The van der Waals surface area contributed by atoms with E-state index < -0.39 is 5.97 Å². The number of anilines is 1. The number of nitrogens with one attached hydrogen (secondary N) is 2. The van der Waals surface area contributed by atoms with Gasteiger partial charge in [-0.05, 0) is 44.2 Å². The van der Waals surface area contributed by atoms with Crippen LogP contribution < -0.4 is 20.1 Å². The van der Waals surface area contributed by atoms with Crippen LogP contribution in [-0.2, 0) is 16.1 Å². The Labute approximate surface area is 191 Å². The van der Waals surface area contributed by atoms with E-state index in [0.717, 1.165) is 16.9 Å². The fourth-order valence-electron chi connectivity index (χ4n) is 3.14. The third kappa shape index (κ3) is 5.98. The lowest BCUT2D eigenvalue weighted by atomic mass is 10.1. The van der Waals surface area contributed by atoms with Crippen molar-refractivity contribution in [1.82, 2.24) is 10.2 Å². The maximum absolute atomic E-state index is 12.7. The zero-order valence-electron chi connectivity index (χ0n) is 19.2. The Morgan fingerprint density at radius 2 is 1.81 bits per heavy atom. The molecule has 0 bridgehead atoms. The van der Waals surface area contributed by atoms with E-state index >= 15 is 0 Å². The molecule has 0 atom stereocenters. The van der Waals surface area contributed by atoms with E-state index in [0.29, 0.717) is 33.5 Å². The number of carbonyl (C=O) groups excluding carboxylic acids is 3. The summed E-state index contributed by atoms with van der Waals surface area (Å²) in [5, 5.41) is 5.60. The molecular formula is C22H29N3O6S. The largest absolute Gasteiger partial charge is 0.493 e. The summed E-state index contributed by atoms with van der Waals surface area (Å²) in [5.41, 5.74) is 1.62. The Bertz CT molecular complexity index is 988. The van der Waals surface area contributed by atoms with Gasteiger partial charge in [0.2, 0.25) is 5.91 Å². The van der Waals surface area contributed by atoms with Crippen LogP contribution in [0.5, 0.6) is 11.5 Å². The smallest absolute Gasteiger partial charge is 0.341 e. The number of likely N-dealkylation sites (N-methyl/N-ethyl adjacent to an activating group) is 1. The fraction of sp³-hybridized carbons (Fsp3) is 0.409. The third-order valence-corrected chi connectivity index (χ3v) is 5.83. The number of methoxy groups -OCH3 is 2. The minimum atomic E-state index is -0.578. The predicted molar refractivity (Wildman–Crippen MR) is 123 cm³/mol. The molecule has 0 unspecified atom stereocenters. The number of esters is 1. The number of thiophene rings is 1. The zero-order valence-corrected chi connectivity index (χ0v) is 20.0. The van der Waals surface area contributed by atoms with Crippen molar-refractivity contribution in [1.29, 1.82) is 0 Å². The second-order valence-electron chi connectivity index (χ2n) is 6.97. The normalized spacial score (nSPS) is 10.6. The summed E-state index contributed by atoms with van der Waals surface area (Å²) in [4.78, 5) is 39.4. The van der Waals surface area contributed by atoms with Crippen LogP contribution in [0.3, 0.4) is 0 Å². The molecule has 2 aromatic rings. The van der Waals surface area contributed by atoms with Crippen LogP contribution in [0, 0.1) is 6.92 Å². The third-order valence-electron chi connectivity index (χ3n) is 4.63. The van der Waals surface area contributed by atoms with Gasteiger partial charge in [0.25, 0.3) is 5.91 Å². The lowest BCUT2D eigenvalue weighted by molar-refractivity contribution is -0.117. The number of hydrogen-bond donors (Lipinski definition) is 2. The van der Waals surface area contributed by atoms with Gasteiger partial charge in [0.15, 0.2) is 11.5 Å². The van der Waals surface area contributed by atoms with Gasteiger partial charge >= 0.3 is 5.97 Å². The molecule has 174 valence electrons. The molecule has 0 aliphatic carbocycles. The molecule has 10 heteroatoms. The molecule has 0 aliphatic heterocycles. The number of carbonyl (C=O) groups is 3. The van der Waals surface area contributed by atoms with E-state index in [1.807, 2.05) is 23.1 Å². The summed E-state index contributed by atoms with van der Waals surface area (Å²) in [6.07, 6.45) is 0. The molecule has 0 fully saturated rings. The van der Waals surface area contributed by atoms with Crippen molar-refractivity contribution in [2.75, 3.05) is 46.8 Å². The molecule has 2 N–H and O–H groups in total. The number of ether oxygens (including phenoxy) is 3. The van der Waals surface area contributed by atoms with Crippen molar-refractivity contribution in [3.63, 3.8) is 0 Å². The summed E-state index contributed by atoms with van der Waals surface area (Å²) in [5.74, 6) is 0.0126. The average Bonchev–Trinajstić information content (AvgIpc) is 3.08. The minimum absolute atomic E-state index is 0.0723. The molecule has 2 amide bonds. The first-order valence-corrected chi connectivity index (χ1v) is 10.8. The molecule has 0 radical (unpaired) electrons. The maximum atomic E-state index is 12.7. The molecular weight excluding hydrogens is 434 g/mol. The van der Waals surface area contributed by atoms with Gasteiger partial charge in [-0.2, -0.15) is 0 Å². The van der Waals surface area contributed by atoms with Crippen LogP contribution >= 0.6 is 11.3 Å². The number of amides is 2. The molecule has 0 saturated carbocycles. The van der Waals surface area contributed by atoms with Crippen LogP contribution in [0.1, 0.15) is 38.1 Å². The summed E-state index contributed by atoms with van der Waals surface area (Å²) < 4.78 is 15.7. The SMILES string of the molecule is CCOC(=O)c1c(NC(=O)CN(C)Cc2ccc(OC)c(OC)c2)sc(C(=O)NC)c1C. The van der Waals surface area contributed by atoms with Gasteiger partial charge in [-0.1, -0.05) is 6.07 Å². The Morgan fingerprint density at radius 3 is 2.41 bits per heavy atom. The average molecular weight is 464 g/mol. The van der Waals surface area contributed by atoms with Crippen LogP contribution in [0.15, 0.2) is 18.2 Å². The Morgan fingerprint density at radius 1 is 1.12 bits per heavy atom. The van der Waals surface area contributed by atoms with Crippen LogP contribution in [-0.4, -0.2) is 64.2 Å².